The Hall–Kier alpha value is -4.31. The van der Waals surface area contributed by atoms with Gasteiger partial charge in [0, 0.05) is 55.4 Å². The number of anilines is 1. The van der Waals surface area contributed by atoms with Gasteiger partial charge in [-0.1, -0.05) is 17.7 Å². The van der Waals surface area contributed by atoms with Gasteiger partial charge in [-0.15, -0.1) is 0 Å². The van der Waals surface area contributed by atoms with Crippen molar-refractivity contribution in [1.82, 2.24) is 19.4 Å². The lowest BCUT2D eigenvalue weighted by Gasteiger charge is -2.29. The quantitative estimate of drug-likeness (QED) is 0.299. The predicted octanol–water partition coefficient (Wildman–Crippen LogP) is 5.90. The Morgan fingerprint density at radius 3 is 2.48 bits per heavy atom. The maximum atomic E-state index is 14.9. The number of alkyl carbamates (subject to hydrolysis) is 1. The third kappa shape index (κ3) is 5.99. The molecule has 42 heavy (non-hydrogen) atoms. The third-order valence-corrected chi connectivity index (χ3v) is 7.52. The number of amides is 1. The number of pyridine rings is 1. The molecule has 11 heteroatoms. The minimum atomic E-state index is -0.600. The van der Waals surface area contributed by atoms with Crippen molar-refractivity contribution >= 4 is 23.4 Å². The first-order valence-corrected chi connectivity index (χ1v) is 13.9. The number of aryl methyl sites for hydroxylation is 1. The molecule has 0 bridgehead atoms. The Kier molecular flexibility index (Phi) is 7.53. The molecule has 2 aromatic heterocycles. The van der Waals surface area contributed by atoms with Gasteiger partial charge in [0.2, 0.25) is 0 Å². The van der Waals surface area contributed by atoms with Gasteiger partial charge in [-0.25, -0.2) is 14.0 Å². The number of halogens is 2. The number of aromatic hydroxyl groups is 1. The van der Waals surface area contributed by atoms with Crippen LogP contribution >= 0.6 is 11.6 Å². The summed E-state index contributed by atoms with van der Waals surface area (Å²) in [5, 5.41) is 14.6. The number of phenols is 1. The summed E-state index contributed by atoms with van der Waals surface area (Å²) in [5.74, 6) is -0.674. The maximum absolute atomic E-state index is 14.9. The van der Waals surface area contributed by atoms with Gasteiger partial charge in [0.1, 0.15) is 17.2 Å². The monoisotopic (exact) mass is 593 g/mol. The van der Waals surface area contributed by atoms with Gasteiger partial charge in [0.25, 0.3) is 0 Å². The molecule has 1 saturated heterocycles. The van der Waals surface area contributed by atoms with Crippen molar-refractivity contribution in [2.45, 2.75) is 45.3 Å². The zero-order chi connectivity index (χ0) is 30.4. The van der Waals surface area contributed by atoms with E-state index in [1.165, 1.54) is 21.3 Å². The number of imidazole rings is 1. The van der Waals surface area contributed by atoms with Crippen molar-refractivity contribution in [3.8, 4) is 33.7 Å². The second-order valence-corrected chi connectivity index (χ2v) is 12.3. The standard InChI is InChI=1S/C31H33ClFN5O4/c1-30(2,3)42-28(40)35-31(4)8-9-37(18-31)22-12-20(16-34-17-22)24-15-21(33)14-23(27(24)39)19-6-7-26(25(32)13-19)38-11-10-36(5)29(38)41/h6-7,10-17,39H,8-9,18H2,1-5H3,(H,35,40)/t31-/m0/s1. The average molecular weight is 594 g/mol. The van der Waals surface area contributed by atoms with Gasteiger partial charge in [0.05, 0.1) is 28.1 Å². The number of benzene rings is 2. The molecule has 1 aliphatic rings. The molecule has 2 aromatic carbocycles. The molecule has 2 N–H and O–H groups in total. The van der Waals surface area contributed by atoms with E-state index in [0.29, 0.717) is 36.3 Å². The molecule has 4 aromatic rings. The first-order valence-electron chi connectivity index (χ1n) is 13.5. The minimum Gasteiger partial charge on any atom is -0.507 e. The smallest absolute Gasteiger partial charge is 0.408 e. The zero-order valence-electron chi connectivity index (χ0n) is 24.1. The summed E-state index contributed by atoms with van der Waals surface area (Å²) in [6.45, 7) is 8.59. The summed E-state index contributed by atoms with van der Waals surface area (Å²) in [4.78, 5) is 31.2. The minimum absolute atomic E-state index is 0.131. The summed E-state index contributed by atoms with van der Waals surface area (Å²) >= 11 is 6.53. The van der Waals surface area contributed by atoms with E-state index in [1.807, 2.05) is 33.8 Å². The Morgan fingerprint density at radius 2 is 1.83 bits per heavy atom. The molecule has 9 nitrogen and oxygen atoms in total. The number of rotatable bonds is 5. The van der Waals surface area contributed by atoms with Crippen molar-refractivity contribution in [2.24, 2.45) is 7.05 Å². The second-order valence-electron chi connectivity index (χ2n) is 11.9. The molecule has 0 spiro atoms. The number of carbonyl (C=O) groups is 1. The Labute approximate surface area is 248 Å². The van der Waals surface area contributed by atoms with Crippen LogP contribution in [0.15, 0.2) is 66.0 Å². The van der Waals surface area contributed by atoms with Crippen LogP contribution in [-0.4, -0.2) is 49.5 Å². The number of ether oxygens (including phenoxy) is 1. The van der Waals surface area contributed by atoms with E-state index in [-0.39, 0.29) is 27.6 Å². The van der Waals surface area contributed by atoms with Gasteiger partial charge in [-0.3, -0.25) is 9.55 Å². The molecule has 5 rings (SSSR count). The molecule has 1 aliphatic heterocycles. The Balaban J connectivity index is 1.42. The summed E-state index contributed by atoms with van der Waals surface area (Å²) < 4.78 is 23.2. The lowest BCUT2D eigenvalue weighted by molar-refractivity contribution is 0.0473. The third-order valence-electron chi connectivity index (χ3n) is 7.22. The first-order chi connectivity index (χ1) is 19.7. The van der Waals surface area contributed by atoms with Gasteiger partial charge >= 0.3 is 11.8 Å². The van der Waals surface area contributed by atoms with Crippen LogP contribution < -0.4 is 15.9 Å². The maximum Gasteiger partial charge on any atom is 0.408 e. The predicted molar refractivity (Wildman–Crippen MR) is 161 cm³/mol. The summed E-state index contributed by atoms with van der Waals surface area (Å²) in [7, 11) is 1.64. The number of phenolic OH excluding ortho intramolecular Hbond substituents is 1. The number of aromatic nitrogens is 3. The van der Waals surface area contributed by atoms with E-state index in [1.54, 1.807) is 50.0 Å². The fourth-order valence-corrected chi connectivity index (χ4v) is 5.41. The average Bonchev–Trinajstić information content (AvgIpc) is 3.45. The van der Waals surface area contributed by atoms with Gasteiger partial charge in [-0.2, -0.15) is 0 Å². The highest BCUT2D eigenvalue weighted by Crippen LogP contribution is 2.41. The molecular weight excluding hydrogens is 561 g/mol. The molecule has 1 amide bonds. The molecule has 0 unspecified atom stereocenters. The number of nitrogens with one attached hydrogen (secondary N) is 1. The van der Waals surface area contributed by atoms with E-state index < -0.39 is 23.1 Å². The highest BCUT2D eigenvalue weighted by atomic mass is 35.5. The van der Waals surface area contributed by atoms with Crippen molar-refractivity contribution in [3.05, 3.63) is 82.5 Å². The summed E-state index contributed by atoms with van der Waals surface area (Å²) in [6.07, 6.45) is 6.71. The van der Waals surface area contributed by atoms with Crippen LogP contribution in [0, 0.1) is 5.82 Å². The van der Waals surface area contributed by atoms with Crippen molar-refractivity contribution in [3.63, 3.8) is 0 Å². The van der Waals surface area contributed by atoms with E-state index in [4.69, 9.17) is 16.3 Å². The lowest BCUT2D eigenvalue weighted by Crippen LogP contribution is -2.49. The summed E-state index contributed by atoms with van der Waals surface area (Å²) in [5.41, 5.74) is 1.40. The van der Waals surface area contributed by atoms with Gasteiger partial charge in [-0.05, 0) is 70.0 Å². The van der Waals surface area contributed by atoms with Gasteiger partial charge in [0.15, 0.2) is 0 Å². The fraction of sp³-hybridized carbons (Fsp3) is 0.323. The molecule has 0 radical (unpaired) electrons. The number of hydrogen-bond donors (Lipinski definition) is 2. The van der Waals surface area contributed by atoms with Crippen LogP contribution in [-0.2, 0) is 11.8 Å². The number of hydrogen-bond acceptors (Lipinski definition) is 6. The Bertz CT molecular complexity index is 1730. The normalized spacial score (nSPS) is 17.0. The van der Waals surface area contributed by atoms with E-state index in [2.05, 4.69) is 15.2 Å². The van der Waals surface area contributed by atoms with Crippen molar-refractivity contribution in [1.29, 1.82) is 0 Å². The fourth-order valence-electron chi connectivity index (χ4n) is 5.14. The SMILES string of the molecule is Cn1ccn(-c2ccc(-c3cc(F)cc(-c4cncc(N5CC[C@](C)(NC(=O)OC(C)(C)C)C5)c4)c3O)cc2Cl)c1=O. The summed E-state index contributed by atoms with van der Waals surface area (Å²) in [6, 6.07) is 9.26. The van der Waals surface area contributed by atoms with Crippen molar-refractivity contribution < 1.29 is 19.0 Å². The van der Waals surface area contributed by atoms with Crippen LogP contribution in [0.5, 0.6) is 5.75 Å². The van der Waals surface area contributed by atoms with Crippen LogP contribution in [0.3, 0.4) is 0 Å². The van der Waals surface area contributed by atoms with Crippen molar-refractivity contribution in [2.75, 3.05) is 18.0 Å². The molecular formula is C31H33ClFN5O4. The van der Waals surface area contributed by atoms with E-state index in [9.17, 15) is 19.1 Å². The molecule has 220 valence electrons. The van der Waals surface area contributed by atoms with Gasteiger partial charge < -0.3 is 24.6 Å². The lowest BCUT2D eigenvalue weighted by atomic mass is 9.97. The molecule has 1 fully saturated rings. The highest BCUT2D eigenvalue weighted by molar-refractivity contribution is 6.32. The molecule has 0 saturated carbocycles. The molecule has 3 heterocycles. The number of carbonyl (C=O) groups excluding carboxylic acids is 1. The largest absolute Gasteiger partial charge is 0.507 e. The zero-order valence-corrected chi connectivity index (χ0v) is 24.9. The first kappa shape index (κ1) is 29.2. The molecule has 1 atom stereocenters. The second kappa shape index (κ2) is 10.8. The molecule has 0 aliphatic carbocycles. The number of nitrogens with zero attached hydrogens (tertiary/aromatic N) is 4. The van der Waals surface area contributed by atoms with E-state index >= 15 is 0 Å². The highest BCUT2D eigenvalue weighted by Gasteiger charge is 2.36. The topological polar surface area (TPSA) is 102 Å². The van der Waals surface area contributed by atoms with E-state index in [0.717, 1.165) is 5.69 Å². The Morgan fingerprint density at radius 1 is 1.12 bits per heavy atom. The van der Waals surface area contributed by atoms with Crippen LogP contribution in [0.4, 0.5) is 14.9 Å². The van der Waals surface area contributed by atoms with Crippen LogP contribution in [0.1, 0.15) is 34.1 Å². The van der Waals surface area contributed by atoms with Crippen LogP contribution in [0.2, 0.25) is 5.02 Å². The van der Waals surface area contributed by atoms with Crippen LogP contribution in [0.25, 0.3) is 27.9 Å².